The molecule has 3 heteroatoms. The van der Waals surface area contributed by atoms with Gasteiger partial charge in [-0.3, -0.25) is 0 Å². The summed E-state index contributed by atoms with van der Waals surface area (Å²) in [5, 5.41) is 0. The van der Waals surface area contributed by atoms with E-state index >= 15 is 0 Å². The van der Waals surface area contributed by atoms with Gasteiger partial charge in [-0.25, -0.2) is 0 Å². The number of hydrogen-bond acceptors (Lipinski definition) is 1. The third kappa shape index (κ3) is 4.91. The average molecular weight is 455 g/mol. The van der Waals surface area contributed by atoms with Gasteiger partial charge in [0.05, 0.1) is 0 Å². The Morgan fingerprint density at radius 3 is 2.38 bits per heavy atom. The van der Waals surface area contributed by atoms with E-state index in [2.05, 4.69) is 12.1 Å². The topological polar surface area (TPSA) is 9.23 Å². The van der Waals surface area contributed by atoms with Crippen LogP contribution in [0.5, 0.6) is 11.5 Å². The zero-order chi connectivity index (χ0) is 9.80. The maximum absolute atomic E-state index is 5.58. The molecule has 2 aromatic carbocycles. The zero-order valence-electron chi connectivity index (χ0n) is 8.94. The molecule has 0 aromatic heterocycles. The van der Waals surface area contributed by atoms with Crippen molar-refractivity contribution in [3.63, 3.8) is 0 Å². The van der Waals surface area contributed by atoms with Crippen molar-refractivity contribution in [3.05, 3.63) is 60.2 Å². The zero-order valence-corrected chi connectivity index (χ0v) is 14.7. The van der Waals surface area contributed by atoms with E-state index in [0.29, 0.717) is 0 Å². The predicted molar refractivity (Wildman–Crippen MR) is 55.4 cm³/mol. The fraction of sp³-hybridized carbons (Fsp3) is 0.0769. The van der Waals surface area contributed by atoms with Gasteiger partial charge in [-0.1, -0.05) is 6.92 Å². The summed E-state index contributed by atoms with van der Waals surface area (Å²) in [5.74, 6) is 1.56. The molecule has 0 aliphatic rings. The number of benzene rings is 2. The smallest absolute Gasteiger partial charge is 0.0169 e. The SMILES string of the molecule is Cc1cc[c-]c(Oc2cc[c-]cc2)c1.[W].[Y]. The van der Waals surface area contributed by atoms with Crippen molar-refractivity contribution in [1.82, 2.24) is 0 Å². The molecule has 1 nitrogen and oxygen atoms in total. The van der Waals surface area contributed by atoms with E-state index in [9.17, 15) is 0 Å². The Morgan fingerprint density at radius 2 is 1.75 bits per heavy atom. The van der Waals surface area contributed by atoms with Crippen LogP contribution in [0.15, 0.2) is 42.5 Å². The summed E-state index contributed by atoms with van der Waals surface area (Å²) >= 11 is 0. The number of ether oxygens (including phenoxy) is 1. The fourth-order valence-corrected chi connectivity index (χ4v) is 1.18. The van der Waals surface area contributed by atoms with Crippen LogP contribution in [-0.4, -0.2) is 0 Å². The second kappa shape index (κ2) is 8.17. The van der Waals surface area contributed by atoms with Gasteiger partial charge in [-0.2, -0.15) is 35.9 Å². The summed E-state index contributed by atoms with van der Waals surface area (Å²) in [6.45, 7) is 2.03. The van der Waals surface area contributed by atoms with E-state index in [1.54, 1.807) is 0 Å². The number of hydrogen-bond donors (Lipinski definition) is 0. The van der Waals surface area contributed by atoms with Gasteiger partial charge in [-0.05, 0) is 0 Å². The molecular weight excluding hydrogens is 445 g/mol. The van der Waals surface area contributed by atoms with E-state index in [1.807, 2.05) is 49.4 Å². The van der Waals surface area contributed by atoms with Crippen molar-refractivity contribution in [2.24, 2.45) is 0 Å². The molecule has 0 heterocycles. The van der Waals surface area contributed by atoms with Gasteiger partial charge in [-0.15, -0.1) is 24.3 Å². The quantitative estimate of drug-likeness (QED) is 0.632. The minimum Gasteiger partial charge on any atom is -0.509 e. The monoisotopic (exact) mass is 455 g/mol. The average Bonchev–Trinajstić information content (AvgIpc) is 2.19. The van der Waals surface area contributed by atoms with Crippen LogP contribution in [0.2, 0.25) is 0 Å². The molecule has 0 N–H and O–H groups in total. The Balaban J connectivity index is 0.00000112. The molecule has 2 rings (SSSR count). The first-order chi connectivity index (χ1) is 6.84. The maximum Gasteiger partial charge on any atom is 0.0169 e. The van der Waals surface area contributed by atoms with E-state index in [1.165, 1.54) is 5.56 Å². The van der Waals surface area contributed by atoms with E-state index in [0.717, 1.165) is 11.5 Å². The van der Waals surface area contributed by atoms with Crippen LogP contribution in [0.4, 0.5) is 0 Å². The van der Waals surface area contributed by atoms with Gasteiger partial charge in [0.25, 0.3) is 0 Å². The Bertz CT molecular complexity index is 417. The van der Waals surface area contributed by atoms with Gasteiger partial charge in [0.15, 0.2) is 0 Å². The molecule has 0 aliphatic heterocycles. The molecule has 1 radical (unpaired) electrons. The molecule has 0 unspecified atom stereocenters. The molecule has 79 valence electrons. The van der Waals surface area contributed by atoms with Crippen LogP contribution >= 0.6 is 0 Å². The third-order valence-electron chi connectivity index (χ3n) is 1.85. The second-order valence-corrected chi connectivity index (χ2v) is 3.07. The molecule has 0 amide bonds. The van der Waals surface area contributed by atoms with Crippen LogP contribution in [-0.2, 0) is 53.8 Å². The van der Waals surface area contributed by atoms with Gasteiger partial charge in [0.2, 0.25) is 0 Å². The van der Waals surface area contributed by atoms with Crippen LogP contribution in [0.3, 0.4) is 0 Å². The summed E-state index contributed by atoms with van der Waals surface area (Å²) in [4.78, 5) is 0. The first kappa shape index (κ1) is 16.0. The molecule has 0 atom stereocenters. The van der Waals surface area contributed by atoms with Crippen LogP contribution < -0.4 is 4.74 Å². The molecule has 0 saturated heterocycles. The van der Waals surface area contributed by atoms with Crippen molar-refractivity contribution in [2.75, 3.05) is 0 Å². The molecule has 16 heavy (non-hydrogen) atoms. The third-order valence-corrected chi connectivity index (χ3v) is 1.85. The summed E-state index contributed by atoms with van der Waals surface area (Å²) < 4.78 is 5.58. The van der Waals surface area contributed by atoms with E-state index in [-0.39, 0.29) is 53.8 Å². The Kier molecular flexibility index (Phi) is 8.19. The molecule has 0 aliphatic carbocycles. The van der Waals surface area contributed by atoms with Gasteiger partial charge in [0, 0.05) is 65.3 Å². The van der Waals surface area contributed by atoms with Gasteiger partial charge < -0.3 is 4.74 Å². The molecule has 0 fully saturated rings. The largest absolute Gasteiger partial charge is 0.509 e. The molecule has 0 spiro atoms. The molecule has 2 aromatic rings. The van der Waals surface area contributed by atoms with E-state index < -0.39 is 0 Å². The number of aryl methyl sites for hydroxylation is 1. The molecular formula is C13H10OWY-2. The number of rotatable bonds is 2. The van der Waals surface area contributed by atoms with Crippen LogP contribution in [0, 0.1) is 19.1 Å². The predicted octanol–water partition coefficient (Wildman–Crippen LogP) is 3.38. The maximum atomic E-state index is 5.58. The van der Waals surface area contributed by atoms with Crippen LogP contribution in [0.25, 0.3) is 0 Å². The van der Waals surface area contributed by atoms with Crippen LogP contribution in [0.1, 0.15) is 5.56 Å². The summed E-state index contributed by atoms with van der Waals surface area (Å²) in [6, 6.07) is 19.2. The summed E-state index contributed by atoms with van der Waals surface area (Å²) in [5.41, 5.74) is 1.17. The van der Waals surface area contributed by atoms with E-state index in [4.69, 9.17) is 4.74 Å². The summed E-state index contributed by atoms with van der Waals surface area (Å²) in [7, 11) is 0. The fourth-order valence-electron chi connectivity index (χ4n) is 1.18. The molecule has 0 bridgehead atoms. The standard InChI is InChI=1S/C13H10O.W.Y/c1-11-6-5-9-13(10-11)14-12-7-3-2-4-8-12;;/h3-8,10H,1H3;;/q-2;;. The minimum absolute atomic E-state index is 0. The Hall–Kier alpha value is 0.0322. The van der Waals surface area contributed by atoms with Crippen molar-refractivity contribution in [2.45, 2.75) is 6.92 Å². The Labute approximate surface area is 136 Å². The van der Waals surface area contributed by atoms with Crippen molar-refractivity contribution in [1.29, 1.82) is 0 Å². The van der Waals surface area contributed by atoms with Crippen molar-refractivity contribution >= 4 is 0 Å². The van der Waals surface area contributed by atoms with Gasteiger partial charge >= 0.3 is 0 Å². The second-order valence-electron chi connectivity index (χ2n) is 3.07. The van der Waals surface area contributed by atoms with Gasteiger partial charge in [0.1, 0.15) is 0 Å². The van der Waals surface area contributed by atoms with Crippen molar-refractivity contribution < 1.29 is 58.5 Å². The van der Waals surface area contributed by atoms with Crippen molar-refractivity contribution in [3.8, 4) is 11.5 Å². The minimum atomic E-state index is 0. The Morgan fingerprint density at radius 1 is 1.06 bits per heavy atom. The summed E-state index contributed by atoms with van der Waals surface area (Å²) in [6.07, 6.45) is 0. The first-order valence-electron chi connectivity index (χ1n) is 4.47. The molecule has 0 saturated carbocycles. The normalized spacial score (nSPS) is 8.56. The first-order valence-corrected chi connectivity index (χ1v) is 4.47.